The van der Waals surface area contributed by atoms with E-state index in [4.69, 9.17) is 9.47 Å². The van der Waals surface area contributed by atoms with E-state index >= 15 is 0 Å². The minimum atomic E-state index is -0.595. The summed E-state index contributed by atoms with van der Waals surface area (Å²) < 4.78 is 12.3. The average molecular weight is 443 g/mol. The SMILES string of the molecule is O=C1CCC(N2Cc3cccc(CNCC4COCC5(CCNCC5)O4)c3C2=O)C(=O)N1. The fourth-order valence-corrected chi connectivity index (χ4v) is 5.25. The van der Waals surface area contributed by atoms with E-state index in [0.717, 1.165) is 37.1 Å². The summed E-state index contributed by atoms with van der Waals surface area (Å²) in [4.78, 5) is 38.5. The molecule has 9 nitrogen and oxygen atoms in total. The van der Waals surface area contributed by atoms with Gasteiger partial charge in [0.05, 0.1) is 24.9 Å². The van der Waals surface area contributed by atoms with E-state index < -0.39 is 6.04 Å². The van der Waals surface area contributed by atoms with Crippen LogP contribution < -0.4 is 16.0 Å². The minimum Gasteiger partial charge on any atom is -0.376 e. The summed E-state index contributed by atoms with van der Waals surface area (Å²) in [6.07, 6.45) is 2.52. The molecule has 172 valence electrons. The van der Waals surface area contributed by atoms with Crippen LogP contribution in [-0.2, 0) is 32.2 Å². The minimum absolute atomic E-state index is 0.0192. The van der Waals surface area contributed by atoms with Gasteiger partial charge in [0.25, 0.3) is 5.91 Å². The Kier molecular flexibility index (Phi) is 5.98. The molecule has 32 heavy (non-hydrogen) atoms. The molecule has 0 aromatic heterocycles. The molecule has 5 rings (SSSR count). The molecule has 0 aliphatic carbocycles. The number of benzene rings is 1. The van der Waals surface area contributed by atoms with Crippen molar-refractivity contribution in [3.05, 3.63) is 34.9 Å². The van der Waals surface area contributed by atoms with Gasteiger partial charge in [0.15, 0.2) is 0 Å². The summed E-state index contributed by atoms with van der Waals surface area (Å²) in [6.45, 7) is 4.69. The number of carbonyl (C=O) groups excluding carboxylic acids is 3. The smallest absolute Gasteiger partial charge is 0.255 e. The van der Waals surface area contributed by atoms with E-state index in [0.29, 0.717) is 44.8 Å². The van der Waals surface area contributed by atoms with Gasteiger partial charge >= 0.3 is 0 Å². The Morgan fingerprint density at radius 1 is 1.19 bits per heavy atom. The van der Waals surface area contributed by atoms with Crippen molar-refractivity contribution < 1.29 is 23.9 Å². The number of nitrogens with one attached hydrogen (secondary N) is 3. The van der Waals surface area contributed by atoms with Crippen LogP contribution in [0.1, 0.15) is 47.2 Å². The monoisotopic (exact) mass is 442 g/mol. The highest BCUT2D eigenvalue weighted by molar-refractivity contribution is 6.05. The number of carbonyl (C=O) groups is 3. The highest BCUT2D eigenvalue weighted by Crippen LogP contribution is 2.31. The first-order chi connectivity index (χ1) is 15.5. The van der Waals surface area contributed by atoms with Crippen molar-refractivity contribution in [1.82, 2.24) is 20.9 Å². The number of ether oxygens (including phenoxy) is 2. The average Bonchev–Trinajstić information content (AvgIpc) is 3.11. The van der Waals surface area contributed by atoms with Gasteiger partial charge in [-0.1, -0.05) is 18.2 Å². The number of nitrogens with zero attached hydrogens (tertiary/aromatic N) is 1. The second-order valence-electron chi connectivity index (χ2n) is 9.17. The van der Waals surface area contributed by atoms with Gasteiger partial charge in [0.2, 0.25) is 11.8 Å². The molecule has 4 heterocycles. The molecule has 3 amide bonds. The quantitative estimate of drug-likeness (QED) is 0.554. The van der Waals surface area contributed by atoms with Crippen molar-refractivity contribution >= 4 is 17.7 Å². The van der Waals surface area contributed by atoms with E-state index in [1.165, 1.54) is 0 Å². The fraction of sp³-hybridized carbons (Fsp3) is 0.609. The van der Waals surface area contributed by atoms with Crippen LogP contribution in [0.25, 0.3) is 0 Å². The third kappa shape index (κ3) is 4.17. The summed E-state index contributed by atoms with van der Waals surface area (Å²) in [7, 11) is 0. The van der Waals surface area contributed by atoms with Crippen molar-refractivity contribution in [2.75, 3.05) is 32.8 Å². The summed E-state index contributed by atoms with van der Waals surface area (Å²) >= 11 is 0. The fourth-order valence-electron chi connectivity index (χ4n) is 5.25. The van der Waals surface area contributed by atoms with Gasteiger partial charge in [-0.15, -0.1) is 0 Å². The highest BCUT2D eigenvalue weighted by Gasteiger charge is 2.41. The molecule has 1 aromatic carbocycles. The Bertz CT molecular complexity index is 908. The zero-order chi connectivity index (χ0) is 22.1. The zero-order valence-electron chi connectivity index (χ0n) is 18.2. The van der Waals surface area contributed by atoms with Gasteiger partial charge in [-0.25, -0.2) is 0 Å². The van der Waals surface area contributed by atoms with Crippen LogP contribution in [0.4, 0.5) is 0 Å². The Balaban J connectivity index is 1.21. The maximum absolute atomic E-state index is 13.2. The largest absolute Gasteiger partial charge is 0.376 e. The van der Waals surface area contributed by atoms with Crippen molar-refractivity contribution in [3.63, 3.8) is 0 Å². The first-order valence-electron chi connectivity index (χ1n) is 11.5. The van der Waals surface area contributed by atoms with Crippen molar-refractivity contribution in [2.24, 2.45) is 0 Å². The lowest BCUT2D eigenvalue weighted by molar-refractivity contribution is -0.206. The number of imide groups is 1. The molecule has 2 atom stereocenters. The summed E-state index contributed by atoms with van der Waals surface area (Å²) in [5.41, 5.74) is 2.32. The molecule has 2 unspecified atom stereocenters. The molecule has 4 aliphatic rings. The Labute approximate surface area is 187 Å². The molecule has 3 fully saturated rings. The maximum atomic E-state index is 13.2. The number of piperidine rings is 2. The van der Waals surface area contributed by atoms with Crippen LogP contribution in [0.15, 0.2) is 18.2 Å². The van der Waals surface area contributed by atoms with Crippen molar-refractivity contribution in [3.8, 4) is 0 Å². The third-order valence-electron chi connectivity index (χ3n) is 6.93. The van der Waals surface area contributed by atoms with Crippen LogP contribution in [0.2, 0.25) is 0 Å². The summed E-state index contributed by atoms with van der Waals surface area (Å²) in [5, 5.41) is 9.15. The van der Waals surface area contributed by atoms with Crippen LogP contribution in [0, 0.1) is 0 Å². The topological polar surface area (TPSA) is 109 Å². The van der Waals surface area contributed by atoms with Crippen molar-refractivity contribution in [2.45, 2.75) is 56.5 Å². The molecule has 0 radical (unpaired) electrons. The number of rotatable bonds is 5. The zero-order valence-corrected chi connectivity index (χ0v) is 18.2. The molecule has 1 aromatic rings. The Morgan fingerprint density at radius 3 is 2.84 bits per heavy atom. The number of fused-ring (bicyclic) bond motifs is 1. The molecule has 0 bridgehead atoms. The van der Waals surface area contributed by atoms with Crippen LogP contribution in [0.3, 0.4) is 0 Å². The second kappa shape index (κ2) is 8.90. The van der Waals surface area contributed by atoms with E-state index in [1.807, 2.05) is 18.2 Å². The lowest BCUT2D eigenvalue weighted by Crippen LogP contribution is -2.55. The molecule has 1 spiro atoms. The van der Waals surface area contributed by atoms with Gasteiger partial charge in [0, 0.05) is 31.6 Å². The lowest BCUT2D eigenvalue weighted by atomic mass is 9.92. The van der Waals surface area contributed by atoms with Crippen molar-refractivity contribution in [1.29, 1.82) is 0 Å². The molecular formula is C23H30N4O5. The number of hydrogen-bond acceptors (Lipinski definition) is 7. The van der Waals surface area contributed by atoms with E-state index in [-0.39, 0.29) is 35.8 Å². The predicted octanol–water partition coefficient (Wildman–Crippen LogP) is 0.0748. The second-order valence-corrected chi connectivity index (χ2v) is 9.17. The van der Waals surface area contributed by atoms with E-state index in [9.17, 15) is 14.4 Å². The van der Waals surface area contributed by atoms with Gasteiger partial charge in [0.1, 0.15) is 6.04 Å². The Hall–Kier alpha value is -2.33. The number of hydrogen-bond donors (Lipinski definition) is 3. The summed E-state index contributed by atoms with van der Waals surface area (Å²) in [5.74, 6) is -0.804. The molecular weight excluding hydrogens is 412 g/mol. The molecule has 9 heteroatoms. The number of amides is 3. The standard InChI is InChI=1S/C23H30N4O5/c28-19-5-4-18(21(29)26-19)27-12-16-3-1-2-15(20(16)22(27)30)10-25-11-17-13-31-14-23(32-17)6-8-24-9-7-23/h1-3,17-18,24-25H,4-14H2,(H,26,28,29). The van der Waals surface area contributed by atoms with Gasteiger partial charge in [-0.3, -0.25) is 19.7 Å². The molecule has 3 saturated heterocycles. The predicted molar refractivity (Wildman–Crippen MR) is 115 cm³/mol. The molecule has 4 aliphatic heterocycles. The lowest BCUT2D eigenvalue weighted by Gasteiger charge is -2.43. The maximum Gasteiger partial charge on any atom is 0.255 e. The third-order valence-corrected chi connectivity index (χ3v) is 6.93. The Morgan fingerprint density at radius 2 is 2.03 bits per heavy atom. The normalized spacial score (nSPS) is 27.5. The van der Waals surface area contributed by atoms with Crippen LogP contribution in [-0.4, -0.2) is 73.2 Å². The highest BCUT2D eigenvalue weighted by atomic mass is 16.6. The van der Waals surface area contributed by atoms with Crippen LogP contribution in [0.5, 0.6) is 0 Å². The first kappa shape index (κ1) is 21.5. The first-order valence-corrected chi connectivity index (χ1v) is 11.5. The van der Waals surface area contributed by atoms with E-state index in [2.05, 4.69) is 16.0 Å². The van der Waals surface area contributed by atoms with Gasteiger partial charge < -0.3 is 25.0 Å². The molecule has 3 N–H and O–H groups in total. The van der Waals surface area contributed by atoms with Gasteiger partial charge in [-0.05, 0) is 43.5 Å². The van der Waals surface area contributed by atoms with E-state index in [1.54, 1.807) is 4.90 Å². The molecule has 0 saturated carbocycles. The summed E-state index contributed by atoms with van der Waals surface area (Å²) in [6, 6.07) is 5.23. The van der Waals surface area contributed by atoms with Crippen LogP contribution >= 0.6 is 0 Å². The van der Waals surface area contributed by atoms with Gasteiger partial charge in [-0.2, -0.15) is 0 Å².